The van der Waals surface area contributed by atoms with Crippen molar-refractivity contribution in [1.29, 1.82) is 0 Å². The van der Waals surface area contributed by atoms with E-state index in [1.165, 1.54) is 25.3 Å². The summed E-state index contributed by atoms with van der Waals surface area (Å²) in [7, 11) is 1.41. The topological polar surface area (TPSA) is 102 Å². The first-order valence-corrected chi connectivity index (χ1v) is 5.57. The van der Waals surface area contributed by atoms with E-state index in [0.717, 1.165) is 0 Å². The van der Waals surface area contributed by atoms with Crippen molar-refractivity contribution >= 4 is 17.6 Å². The molecule has 1 aromatic rings. The lowest BCUT2D eigenvalue weighted by atomic mass is 10.1. The van der Waals surface area contributed by atoms with E-state index in [1.54, 1.807) is 6.07 Å². The Morgan fingerprint density at radius 3 is 2.79 bits per heavy atom. The first kappa shape index (κ1) is 14.6. The number of carboxylic acid groups (broad SMARTS) is 1. The second kappa shape index (κ2) is 6.44. The lowest BCUT2D eigenvalue weighted by Crippen LogP contribution is -2.40. The Kier molecular flexibility index (Phi) is 4.93. The van der Waals surface area contributed by atoms with Gasteiger partial charge in [0.25, 0.3) is 5.91 Å². The zero-order valence-corrected chi connectivity index (χ0v) is 10.6. The Hall–Kier alpha value is -2.50. The molecule has 0 saturated heterocycles. The van der Waals surface area contributed by atoms with Crippen LogP contribution in [0.5, 0.6) is 5.75 Å². The number of nitrogens with one attached hydrogen (secondary N) is 1. The lowest BCUT2D eigenvalue weighted by Gasteiger charge is -2.14. The molecule has 1 amide bonds. The molecular weight excluding hydrogens is 248 g/mol. The Bertz CT molecular complexity index is 499. The third kappa shape index (κ3) is 3.74. The molecular formula is C13H16N2O4. The molecule has 0 saturated carbocycles. The predicted octanol–water partition coefficient (Wildman–Crippen LogP) is 1.04. The fraction of sp³-hybridized carbons (Fsp3) is 0.231. The first-order chi connectivity index (χ1) is 8.99. The summed E-state index contributed by atoms with van der Waals surface area (Å²) in [6, 6.07) is 3.50. The molecule has 0 heterocycles. The number of rotatable bonds is 6. The van der Waals surface area contributed by atoms with Gasteiger partial charge in [-0.1, -0.05) is 6.08 Å². The minimum absolute atomic E-state index is 0.137. The van der Waals surface area contributed by atoms with E-state index in [4.69, 9.17) is 15.6 Å². The van der Waals surface area contributed by atoms with Gasteiger partial charge in [-0.15, -0.1) is 6.58 Å². The van der Waals surface area contributed by atoms with E-state index in [-0.39, 0.29) is 12.0 Å². The van der Waals surface area contributed by atoms with Crippen molar-refractivity contribution in [2.75, 3.05) is 12.8 Å². The van der Waals surface area contributed by atoms with Crippen LogP contribution in [0.1, 0.15) is 16.8 Å². The number of aliphatic carboxylic acids is 1. The van der Waals surface area contributed by atoms with Crippen molar-refractivity contribution in [2.24, 2.45) is 0 Å². The highest BCUT2D eigenvalue weighted by Crippen LogP contribution is 2.21. The molecule has 0 fully saturated rings. The summed E-state index contributed by atoms with van der Waals surface area (Å²) in [5.41, 5.74) is 6.26. The van der Waals surface area contributed by atoms with E-state index >= 15 is 0 Å². The second-order valence-electron chi connectivity index (χ2n) is 3.85. The number of hydrogen-bond donors (Lipinski definition) is 3. The van der Waals surface area contributed by atoms with Gasteiger partial charge in [0.2, 0.25) is 0 Å². The average molecular weight is 264 g/mol. The SMILES string of the molecule is C=CCC(NC(=O)c1ccc(N)cc1OC)C(=O)O. The van der Waals surface area contributed by atoms with Gasteiger partial charge in [0.15, 0.2) is 0 Å². The van der Waals surface area contributed by atoms with Crippen molar-refractivity contribution < 1.29 is 19.4 Å². The van der Waals surface area contributed by atoms with Gasteiger partial charge < -0.3 is 20.9 Å². The minimum Gasteiger partial charge on any atom is -0.496 e. The fourth-order valence-electron chi connectivity index (χ4n) is 1.52. The van der Waals surface area contributed by atoms with E-state index in [9.17, 15) is 9.59 Å². The number of benzene rings is 1. The van der Waals surface area contributed by atoms with Crippen LogP contribution >= 0.6 is 0 Å². The van der Waals surface area contributed by atoms with Gasteiger partial charge in [0, 0.05) is 11.8 Å². The summed E-state index contributed by atoms with van der Waals surface area (Å²) in [5.74, 6) is -1.37. The van der Waals surface area contributed by atoms with Crippen molar-refractivity contribution in [3.63, 3.8) is 0 Å². The number of methoxy groups -OCH3 is 1. The summed E-state index contributed by atoms with van der Waals surface area (Å²) in [6.07, 6.45) is 1.57. The molecule has 0 aliphatic heterocycles. The number of ether oxygens (including phenoxy) is 1. The predicted molar refractivity (Wildman–Crippen MR) is 71.1 cm³/mol. The van der Waals surface area contributed by atoms with E-state index < -0.39 is 17.9 Å². The lowest BCUT2D eigenvalue weighted by molar-refractivity contribution is -0.139. The quantitative estimate of drug-likeness (QED) is 0.526. The van der Waals surface area contributed by atoms with Gasteiger partial charge in [-0.3, -0.25) is 4.79 Å². The van der Waals surface area contributed by atoms with Gasteiger partial charge in [-0.05, 0) is 18.6 Å². The van der Waals surface area contributed by atoms with Gasteiger partial charge in [-0.25, -0.2) is 4.79 Å². The molecule has 1 aromatic carbocycles. The number of carbonyl (C=O) groups excluding carboxylic acids is 1. The van der Waals surface area contributed by atoms with Crippen LogP contribution in [-0.2, 0) is 4.79 Å². The Morgan fingerprint density at radius 1 is 1.58 bits per heavy atom. The number of amides is 1. The zero-order valence-electron chi connectivity index (χ0n) is 10.6. The monoisotopic (exact) mass is 264 g/mol. The molecule has 19 heavy (non-hydrogen) atoms. The van der Waals surface area contributed by atoms with Gasteiger partial charge >= 0.3 is 5.97 Å². The number of carbonyl (C=O) groups is 2. The second-order valence-corrected chi connectivity index (χ2v) is 3.85. The number of carboxylic acids is 1. The van der Waals surface area contributed by atoms with Crippen molar-refractivity contribution in [3.8, 4) is 5.75 Å². The third-order valence-corrected chi connectivity index (χ3v) is 2.48. The van der Waals surface area contributed by atoms with E-state index in [2.05, 4.69) is 11.9 Å². The maximum absolute atomic E-state index is 12.0. The van der Waals surface area contributed by atoms with Crippen LogP contribution in [0.3, 0.4) is 0 Å². The summed E-state index contributed by atoms with van der Waals surface area (Å²) in [4.78, 5) is 22.9. The Labute approximate surface area is 110 Å². The molecule has 0 aliphatic carbocycles. The smallest absolute Gasteiger partial charge is 0.326 e. The van der Waals surface area contributed by atoms with Gasteiger partial charge in [0.05, 0.1) is 12.7 Å². The van der Waals surface area contributed by atoms with Crippen molar-refractivity contribution in [1.82, 2.24) is 5.32 Å². The van der Waals surface area contributed by atoms with E-state index in [0.29, 0.717) is 11.4 Å². The maximum Gasteiger partial charge on any atom is 0.326 e. The van der Waals surface area contributed by atoms with Crippen LogP contribution in [0, 0.1) is 0 Å². The minimum atomic E-state index is -1.12. The molecule has 0 aromatic heterocycles. The standard InChI is InChI=1S/C13H16N2O4/c1-3-4-10(13(17)18)15-12(16)9-6-5-8(14)7-11(9)19-2/h3,5-7,10H,1,4,14H2,2H3,(H,15,16)(H,17,18). The zero-order chi connectivity index (χ0) is 14.4. The van der Waals surface area contributed by atoms with Crippen LogP contribution in [0.2, 0.25) is 0 Å². The maximum atomic E-state index is 12.0. The molecule has 1 rings (SSSR count). The molecule has 6 nitrogen and oxygen atoms in total. The van der Waals surface area contributed by atoms with Gasteiger partial charge in [-0.2, -0.15) is 0 Å². The molecule has 0 aliphatic rings. The third-order valence-electron chi connectivity index (χ3n) is 2.48. The van der Waals surface area contributed by atoms with Crippen molar-refractivity contribution in [3.05, 3.63) is 36.4 Å². The highest BCUT2D eigenvalue weighted by molar-refractivity contribution is 5.99. The Morgan fingerprint density at radius 2 is 2.26 bits per heavy atom. The van der Waals surface area contributed by atoms with Crippen molar-refractivity contribution in [2.45, 2.75) is 12.5 Å². The van der Waals surface area contributed by atoms with Crippen LogP contribution in [0.15, 0.2) is 30.9 Å². The van der Waals surface area contributed by atoms with Crippen LogP contribution in [0.4, 0.5) is 5.69 Å². The number of nitrogens with two attached hydrogens (primary N) is 1. The fourth-order valence-corrected chi connectivity index (χ4v) is 1.52. The average Bonchev–Trinajstić information content (AvgIpc) is 2.37. The molecule has 1 atom stereocenters. The van der Waals surface area contributed by atoms with Gasteiger partial charge in [0.1, 0.15) is 11.8 Å². The highest BCUT2D eigenvalue weighted by Gasteiger charge is 2.21. The molecule has 4 N–H and O–H groups in total. The number of anilines is 1. The molecule has 102 valence electrons. The largest absolute Gasteiger partial charge is 0.496 e. The first-order valence-electron chi connectivity index (χ1n) is 5.57. The van der Waals surface area contributed by atoms with E-state index in [1.807, 2.05) is 0 Å². The molecule has 6 heteroatoms. The summed E-state index contributed by atoms with van der Waals surface area (Å²) < 4.78 is 5.04. The molecule has 0 radical (unpaired) electrons. The molecule has 1 unspecified atom stereocenters. The van der Waals surface area contributed by atoms with Crippen LogP contribution in [0.25, 0.3) is 0 Å². The number of hydrogen-bond acceptors (Lipinski definition) is 4. The summed E-state index contributed by atoms with van der Waals surface area (Å²) >= 11 is 0. The van der Waals surface area contributed by atoms with Crippen LogP contribution in [-0.4, -0.2) is 30.1 Å². The normalized spacial score (nSPS) is 11.4. The highest BCUT2D eigenvalue weighted by atomic mass is 16.5. The number of nitrogen functional groups attached to an aromatic ring is 1. The summed E-state index contributed by atoms with van der Waals surface area (Å²) in [5, 5.41) is 11.4. The summed E-state index contributed by atoms with van der Waals surface area (Å²) in [6.45, 7) is 3.45. The molecule has 0 bridgehead atoms. The molecule has 0 spiro atoms. The van der Waals surface area contributed by atoms with Crippen LogP contribution < -0.4 is 15.8 Å². The Balaban J connectivity index is 2.93.